The maximum absolute atomic E-state index is 13.4. The van der Waals surface area contributed by atoms with Gasteiger partial charge in [0.1, 0.15) is 17.7 Å². The highest BCUT2D eigenvalue weighted by molar-refractivity contribution is 6.30. The van der Waals surface area contributed by atoms with Crippen LogP contribution in [-0.4, -0.2) is 60.2 Å². The van der Waals surface area contributed by atoms with Crippen LogP contribution >= 0.6 is 11.6 Å². The molecule has 0 spiro atoms. The van der Waals surface area contributed by atoms with Crippen molar-refractivity contribution in [2.75, 3.05) is 19.8 Å². The Hall–Kier alpha value is -2.27. The van der Waals surface area contributed by atoms with Crippen LogP contribution in [0.5, 0.6) is 5.75 Å². The van der Waals surface area contributed by atoms with Crippen LogP contribution in [0.3, 0.4) is 0 Å². The fraction of sp³-hybridized carbons (Fsp3) is 0.556. The molecule has 30 heavy (non-hydrogen) atoms. The Balaban J connectivity index is 1.23. The number of alkyl halides is 3. The summed E-state index contributed by atoms with van der Waals surface area (Å²) in [7, 11) is 0. The predicted molar refractivity (Wildman–Crippen MR) is 93.3 cm³/mol. The van der Waals surface area contributed by atoms with Crippen molar-refractivity contribution in [1.29, 1.82) is 0 Å². The SMILES string of the molecule is O=C(COc1ccc(Cl)c(F)c1)NC12CC(N3C[C@H](COC(F)(F)F)OC3=O)(C1)C2. The van der Waals surface area contributed by atoms with E-state index in [9.17, 15) is 27.2 Å². The largest absolute Gasteiger partial charge is 0.522 e. The van der Waals surface area contributed by atoms with Gasteiger partial charge in [0.15, 0.2) is 6.61 Å². The minimum atomic E-state index is -4.79. The summed E-state index contributed by atoms with van der Waals surface area (Å²) in [6.07, 6.45) is -5.04. The van der Waals surface area contributed by atoms with Gasteiger partial charge in [0.25, 0.3) is 5.91 Å². The van der Waals surface area contributed by atoms with Gasteiger partial charge in [-0.1, -0.05) is 11.6 Å². The fourth-order valence-corrected chi connectivity index (χ4v) is 4.50. The number of hydrogen-bond acceptors (Lipinski definition) is 5. The summed E-state index contributed by atoms with van der Waals surface area (Å²) in [4.78, 5) is 25.6. The average Bonchev–Trinajstić information content (AvgIpc) is 2.96. The summed E-state index contributed by atoms with van der Waals surface area (Å²) >= 11 is 5.58. The van der Waals surface area contributed by atoms with Gasteiger partial charge in [-0.15, -0.1) is 13.2 Å². The van der Waals surface area contributed by atoms with Gasteiger partial charge in [0.05, 0.1) is 23.7 Å². The first-order chi connectivity index (χ1) is 14.0. The van der Waals surface area contributed by atoms with E-state index < -0.39 is 48.0 Å². The molecule has 1 aliphatic heterocycles. The molecule has 3 aliphatic carbocycles. The van der Waals surface area contributed by atoms with Crippen LogP contribution in [0.15, 0.2) is 18.2 Å². The highest BCUT2D eigenvalue weighted by Gasteiger charge is 2.73. The Morgan fingerprint density at radius 2 is 2.03 bits per heavy atom. The standard InChI is InChI=1S/C18H17ClF4N2O5/c19-12-2-1-10(3-13(12)20)28-6-14(26)24-16-7-17(8-16,9-16)25-4-11(30-15(25)27)5-29-18(21,22)23/h1-3,11H,4-9H2,(H,24,26)/t11-,16?,17?/m1/s1. The van der Waals surface area contributed by atoms with Gasteiger partial charge >= 0.3 is 12.5 Å². The second kappa shape index (κ2) is 7.16. The first-order valence-electron chi connectivity index (χ1n) is 9.07. The van der Waals surface area contributed by atoms with Crippen LogP contribution in [0, 0.1) is 5.82 Å². The van der Waals surface area contributed by atoms with E-state index in [0.29, 0.717) is 19.3 Å². The number of carbonyl (C=O) groups is 2. The number of halogens is 5. The molecule has 0 radical (unpaired) electrons. The Kier molecular flexibility index (Phi) is 5.00. The lowest BCUT2D eigenvalue weighted by atomic mass is 9.43. The van der Waals surface area contributed by atoms with Gasteiger partial charge in [-0.05, 0) is 31.4 Å². The lowest BCUT2D eigenvalue weighted by Gasteiger charge is -2.72. The number of rotatable bonds is 7. The number of amides is 2. The molecule has 4 fully saturated rings. The monoisotopic (exact) mass is 452 g/mol. The van der Waals surface area contributed by atoms with Gasteiger partial charge in [0.2, 0.25) is 0 Å². The lowest BCUT2D eigenvalue weighted by molar-refractivity contribution is -0.329. The summed E-state index contributed by atoms with van der Waals surface area (Å²) in [5, 5.41) is 2.78. The molecule has 1 aromatic carbocycles. The summed E-state index contributed by atoms with van der Waals surface area (Å²) < 4.78 is 63.8. The van der Waals surface area contributed by atoms with Crippen LogP contribution in [0.2, 0.25) is 5.02 Å². The Morgan fingerprint density at radius 3 is 2.67 bits per heavy atom. The van der Waals surface area contributed by atoms with Crippen LogP contribution in [-0.2, 0) is 14.3 Å². The van der Waals surface area contributed by atoms with Crippen molar-refractivity contribution >= 4 is 23.6 Å². The predicted octanol–water partition coefficient (Wildman–Crippen LogP) is 3.01. The zero-order chi connectivity index (χ0) is 21.7. The molecule has 2 bridgehead atoms. The van der Waals surface area contributed by atoms with Crippen LogP contribution in [0.4, 0.5) is 22.4 Å². The molecular formula is C18H17ClF4N2O5. The van der Waals surface area contributed by atoms with Crippen LogP contribution in [0.1, 0.15) is 19.3 Å². The number of benzene rings is 1. The van der Waals surface area contributed by atoms with Crippen molar-refractivity contribution in [3.05, 3.63) is 29.0 Å². The Bertz CT molecular complexity index is 861. The second-order valence-corrected chi connectivity index (χ2v) is 8.23. The second-order valence-electron chi connectivity index (χ2n) is 7.82. The molecule has 1 saturated heterocycles. The number of ether oxygens (including phenoxy) is 3. The molecular weight excluding hydrogens is 436 g/mol. The van der Waals surface area contributed by atoms with E-state index in [0.717, 1.165) is 6.07 Å². The lowest BCUT2D eigenvalue weighted by Crippen LogP contribution is -2.84. The van der Waals surface area contributed by atoms with Gasteiger partial charge < -0.3 is 14.8 Å². The molecule has 0 aromatic heterocycles. The number of nitrogens with one attached hydrogen (secondary N) is 1. The van der Waals surface area contributed by atoms with Crippen molar-refractivity contribution in [1.82, 2.24) is 10.2 Å². The third-order valence-corrected chi connectivity index (χ3v) is 5.85. The molecule has 5 rings (SSSR count). The van der Waals surface area contributed by atoms with E-state index >= 15 is 0 Å². The summed E-state index contributed by atoms with van der Waals surface area (Å²) in [6.45, 7) is -1.07. The number of nitrogens with zero attached hydrogens (tertiary/aromatic N) is 1. The molecule has 1 heterocycles. The topological polar surface area (TPSA) is 77.1 Å². The smallest absolute Gasteiger partial charge is 0.484 e. The van der Waals surface area contributed by atoms with E-state index in [1.54, 1.807) is 0 Å². The van der Waals surface area contributed by atoms with E-state index in [-0.39, 0.29) is 23.9 Å². The van der Waals surface area contributed by atoms with Crippen molar-refractivity contribution in [3.63, 3.8) is 0 Å². The maximum Gasteiger partial charge on any atom is 0.522 e. The highest BCUT2D eigenvalue weighted by Crippen LogP contribution is 2.64. The van der Waals surface area contributed by atoms with E-state index in [1.807, 2.05) is 0 Å². The molecule has 7 nitrogen and oxygen atoms in total. The molecule has 2 amide bonds. The molecule has 4 aliphatic rings. The molecule has 1 N–H and O–H groups in total. The third-order valence-electron chi connectivity index (χ3n) is 5.55. The number of cyclic esters (lactones) is 1. The zero-order valence-electron chi connectivity index (χ0n) is 15.4. The van der Waals surface area contributed by atoms with Crippen LogP contribution < -0.4 is 10.1 Å². The molecule has 1 atom stereocenters. The zero-order valence-corrected chi connectivity index (χ0v) is 16.2. The third kappa shape index (κ3) is 4.00. The molecule has 0 unspecified atom stereocenters. The summed E-state index contributed by atoms with van der Waals surface area (Å²) in [5.74, 6) is -0.903. The highest BCUT2D eigenvalue weighted by atomic mass is 35.5. The molecule has 1 aromatic rings. The Labute approximate surface area is 173 Å². The van der Waals surface area contributed by atoms with E-state index in [4.69, 9.17) is 21.1 Å². The molecule has 3 saturated carbocycles. The van der Waals surface area contributed by atoms with Gasteiger partial charge in [0, 0.05) is 11.6 Å². The number of carbonyl (C=O) groups excluding carboxylic acids is 2. The summed E-state index contributed by atoms with van der Waals surface area (Å²) in [5.41, 5.74) is -0.996. The average molecular weight is 453 g/mol. The van der Waals surface area contributed by atoms with Gasteiger partial charge in [-0.25, -0.2) is 9.18 Å². The van der Waals surface area contributed by atoms with Gasteiger partial charge in [-0.2, -0.15) is 0 Å². The fourth-order valence-electron chi connectivity index (χ4n) is 4.38. The molecule has 12 heteroatoms. The number of hydrogen-bond donors (Lipinski definition) is 1. The van der Waals surface area contributed by atoms with Gasteiger partial charge in [-0.3, -0.25) is 14.4 Å². The van der Waals surface area contributed by atoms with E-state index in [1.165, 1.54) is 17.0 Å². The minimum absolute atomic E-state index is 0.00415. The minimum Gasteiger partial charge on any atom is -0.484 e. The van der Waals surface area contributed by atoms with Crippen molar-refractivity contribution in [2.24, 2.45) is 0 Å². The maximum atomic E-state index is 13.4. The quantitative estimate of drug-likeness (QED) is 0.644. The van der Waals surface area contributed by atoms with Crippen LogP contribution in [0.25, 0.3) is 0 Å². The molecule has 164 valence electrons. The Morgan fingerprint density at radius 1 is 1.33 bits per heavy atom. The first kappa shape index (κ1) is 21.0. The van der Waals surface area contributed by atoms with Crippen molar-refractivity contribution in [2.45, 2.75) is 42.8 Å². The normalized spacial score (nSPS) is 29.7. The first-order valence-corrected chi connectivity index (χ1v) is 9.45. The van der Waals surface area contributed by atoms with Crippen molar-refractivity contribution < 1.29 is 41.4 Å². The van der Waals surface area contributed by atoms with E-state index in [2.05, 4.69) is 10.1 Å². The van der Waals surface area contributed by atoms with Crippen molar-refractivity contribution in [3.8, 4) is 5.75 Å². The summed E-state index contributed by atoms with van der Waals surface area (Å²) in [6, 6.07) is 3.83.